The Bertz CT molecular complexity index is 1070. The van der Waals surface area contributed by atoms with Crippen LogP contribution in [0, 0.1) is 0 Å². The molecule has 1 aromatic heterocycles. The number of aromatic nitrogens is 3. The van der Waals surface area contributed by atoms with Crippen LogP contribution in [0.3, 0.4) is 0 Å². The van der Waals surface area contributed by atoms with Crippen molar-refractivity contribution in [3.8, 4) is 0 Å². The summed E-state index contributed by atoms with van der Waals surface area (Å²) in [6.07, 6.45) is 6.25. The van der Waals surface area contributed by atoms with Gasteiger partial charge < -0.3 is 15.4 Å². The highest BCUT2D eigenvalue weighted by atomic mass is 35.5. The summed E-state index contributed by atoms with van der Waals surface area (Å²) in [4.78, 5) is 14.9. The first kappa shape index (κ1) is 23.9. The van der Waals surface area contributed by atoms with Crippen LogP contribution in [0.5, 0.6) is 0 Å². The highest BCUT2D eigenvalue weighted by molar-refractivity contribution is 5.85. The van der Waals surface area contributed by atoms with Crippen LogP contribution in [0.4, 0.5) is 14.5 Å². The molecule has 0 amide bonds. The van der Waals surface area contributed by atoms with Crippen molar-refractivity contribution in [2.45, 2.75) is 18.8 Å². The Labute approximate surface area is 190 Å². The Morgan fingerprint density at radius 1 is 1.25 bits per heavy atom. The first-order valence-corrected chi connectivity index (χ1v) is 10.2. The zero-order chi connectivity index (χ0) is 21.8. The molecule has 0 spiro atoms. The summed E-state index contributed by atoms with van der Waals surface area (Å²) >= 11 is 0. The average molecular weight is 466 g/mol. The van der Waals surface area contributed by atoms with Gasteiger partial charge in [-0.3, -0.25) is 0 Å². The lowest BCUT2D eigenvalue weighted by Gasteiger charge is -2.29. The lowest BCUT2D eigenvalue weighted by atomic mass is 9.92. The number of nitrogens with two attached hydrogens (primary N) is 1. The Morgan fingerprint density at radius 2 is 1.97 bits per heavy atom. The number of hydrogen-bond acceptors (Lipinski definition) is 5. The Hall–Kier alpha value is -2.75. The second-order valence-corrected chi connectivity index (χ2v) is 7.61. The summed E-state index contributed by atoms with van der Waals surface area (Å²) in [5.74, 6) is -2.06. The number of morpholine rings is 1. The number of halogens is 3. The quantitative estimate of drug-likeness (QED) is 0.709. The standard InChI is InChI=1S/C22H25F2N5O2.ClH/c23-13-17(14-25)15-29-21(30)28(16-26-29)22(24)7-1-2-19(12-22)18-3-5-20(6-4-18)27-8-10-31-11-9-27;/h1-7,13,16H,8-12,14-15,25H2;1H/b17-13+;. The van der Waals surface area contributed by atoms with Gasteiger partial charge in [-0.1, -0.05) is 24.3 Å². The van der Waals surface area contributed by atoms with Crippen LogP contribution in [-0.4, -0.2) is 47.2 Å². The third-order valence-corrected chi connectivity index (χ3v) is 5.60. The third-order valence-electron chi connectivity index (χ3n) is 5.60. The maximum absolute atomic E-state index is 15.8. The van der Waals surface area contributed by atoms with Crippen molar-refractivity contribution in [2.24, 2.45) is 5.73 Å². The largest absolute Gasteiger partial charge is 0.378 e. The van der Waals surface area contributed by atoms with Gasteiger partial charge >= 0.3 is 5.69 Å². The van der Waals surface area contributed by atoms with E-state index < -0.39 is 11.5 Å². The van der Waals surface area contributed by atoms with Crippen LogP contribution < -0.4 is 16.3 Å². The molecular formula is C22H26ClF2N5O2. The van der Waals surface area contributed by atoms with Crippen molar-refractivity contribution < 1.29 is 13.5 Å². The van der Waals surface area contributed by atoms with Gasteiger partial charge in [0.1, 0.15) is 6.33 Å². The maximum atomic E-state index is 15.8. The number of alkyl halides is 1. The highest BCUT2D eigenvalue weighted by Gasteiger charge is 2.34. The molecule has 0 radical (unpaired) electrons. The predicted octanol–water partition coefficient (Wildman–Crippen LogP) is 2.78. The summed E-state index contributed by atoms with van der Waals surface area (Å²) in [7, 11) is 0. The summed E-state index contributed by atoms with van der Waals surface area (Å²) in [5.41, 5.74) is 7.72. The van der Waals surface area contributed by atoms with Crippen LogP contribution in [0.25, 0.3) is 5.57 Å². The number of rotatable bonds is 6. The second-order valence-electron chi connectivity index (χ2n) is 7.61. The Kier molecular flexibility index (Phi) is 7.65. The van der Waals surface area contributed by atoms with Gasteiger partial charge in [-0.05, 0) is 34.9 Å². The molecule has 1 aliphatic carbocycles. The zero-order valence-electron chi connectivity index (χ0n) is 17.5. The summed E-state index contributed by atoms with van der Waals surface area (Å²) in [6, 6.07) is 7.95. The van der Waals surface area contributed by atoms with E-state index in [1.54, 1.807) is 6.08 Å². The SMILES string of the molecule is Cl.NC/C(=C\F)Cn1ncn(C2(F)C=CC=C(c3ccc(N4CCOCC4)cc3)C2)c1=O. The van der Waals surface area contributed by atoms with Crippen molar-refractivity contribution >= 4 is 23.7 Å². The van der Waals surface area contributed by atoms with Gasteiger partial charge in [0.25, 0.3) is 0 Å². The number of allylic oxidation sites excluding steroid dienone is 4. The molecule has 1 aromatic carbocycles. The zero-order valence-corrected chi connectivity index (χ0v) is 18.3. The number of ether oxygens (including phenoxy) is 1. The van der Waals surface area contributed by atoms with Crippen molar-refractivity contribution in [2.75, 3.05) is 37.7 Å². The fraction of sp³-hybridized carbons (Fsp3) is 0.364. The van der Waals surface area contributed by atoms with Crippen LogP contribution in [0.15, 0.2) is 65.5 Å². The highest BCUT2D eigenvalue weighted by Crippen LogP contribution is 2.36. The minimum absolute atomic E-state index is 0. The van der Waals surface area contributed by atoms with E-state index in [9.17, 15) is 9.18 Å². The smallest absolute Gasteiger partial charge is 0.348 e. The Morgan fingerprint density at radius 3 is 2.62 bits per heavy atom. The van der Waals surface area contributed by atoms with Crippen molar-refractivity contribution in [3.05, 3.63) is 76.8 Å². The molecule has 0 saturated carbocycles. The third kappa shape index (κ3) is 4.85. The van der Waals surface area contributed by atoms with E-state index in [4.69, 9.17) is 10.5 Å². The summed E-state index contributed by atoms with van der Waals surface area (Å²) < 4.78 is 36.0. The van der Waals surface area contributed by atoms with E-state index in [0.29, 0.717) is 19.5 Å². The number of nitrogens with zero attached hydrogens (tertiary/aromatic N) is 4. The summed E-state index contributed by atoms with van der Waals surface area (Å²) in [5, 5.41) is 3.93. The number of benzene rings is 1. The monoisotopic (exact) mass is 465 g/mol. The normalized spacial score (nSPS) is 21.3. The molecule has 1 atom stereocenters. The van der Waals surface area contributed by atoms with E-state index in [-0.39, 0.29) is 37.5 Å². The minimum atomic E-state index is -2.06. The molecule has 1 aliphatic heterocycles. The van der Waals surface area contributed by atoms with Crippen LogP contribution in [0.1, 0.15) is 12.0 Å². The van der Waals surface area contributed by atoms with E-state index in [0.717, 1.165) is 45.5 Å². The molecule has 2 N–H and O–H groups in total. The molecule has 2 aromatic rings. The minimum Gasteiger partial charge on any atom is -0.378 e. The lowest BCUT2D eigenvalue weighted by molar-refractivity contribution is 0.122. The van der Waals surface area contributed by atoms with E-state index in [1.807, 2.05) is 30.3 Å². The van der Waals surface area contributed by atoms with Crippen LogP contribution >= 0.6 is 12.4 Å². The second kappa shape index (κ2) is 10.2. The molecule has 10 heteroatoms. The predicted molar refractivity (Wildman–Crippen MR) is 122 cm³/mol. The molecule has 1 fully saturated rings. The molecule has 32 heavy (non-hydrogen) atoms. The molecule has 2 heterocycles. The fourth-order valence-corrected chi connectivity index (χ4v) is 3.80. The molecule has 1 saturated heterocycles. The van der Waals surface area contributed by atoms with Crippen LogP contribution in [0.2, 0.25) is 0 Å². The van der Waals surface area contributed by atoms with Gasteiger partial charge in [-0.2, -0.15) is 5.10 Å². The van der Waals surface area contributed by atoms with Gasteiger partial charge in [0, 0.05) is 31.7 Å². The maximum Gasteiger partial charge on any atom is 0.348 e. The molecular weight excluding hydrogens is 440 g/mol. The number of hydrogen-bond donors (Lipinski definition) is 1. The topological polar surface area (TPSA) is 78.3 Å². The molecule has 0 bridgehead atoms. The molecule has 4 rings (SSSR count). The van der Waals surface area contributed by atoms with Gasteiger partial charge in [0.2, 0.25) is 5.79 Å². The first-order valence-electron chi connectivity index (χ1n) is 10.2. The number of anilines is 1. The summed E-state index contributed by atoms with van der Waals surface area (Å²) in [6.45, 7) is 2.93. The van der Waals surface area contributed by atoms with Crippen molar-refractivity contribution in [1.29, 1.82) is 0 Å². The van der Waals surface area contributed by atoms with Gasteiger partial charge in [-0.15, -0.1) is 12.4 Å². The Balaban J connectivity index is 0.00000289. The lowest BCUT2D eigenvalue weighted by Crippen LogP contribution is -2.38. The van der Waals surface area contributed by atoms with E-state index in [1.165, 1.54) is 6.08 Å². The fourth-order valence-electron chi connectivity index (χ4n) is 3.80. The first-order chi connectivity index (χ1) is 15.0. The van der Waals surface area contributed by atoms with Crippen LogP contribution in [-0.2, 0) is 17.1 Å². The van der Waals surface area contributed by atoms with Gasteiger partial charge in [-0.25, -0.2) is 22.8 Å². The molecule has 2 aliphatic rings. The van der Waals surface area contributed by atoms with Gasteiger partial charge in [0.05, 0.1) is 26.1 Å². The van der Waals surface area contributed by atoms with E-state index >= 15 is 4.39 Å². The molecule has 172 valence electrons. The molecule has 1 unspecified atom stereocenters. The van der Waals surface area contributed by atoms with E-state index in [2.05, 4.69) is 10.00 Å². The van der Waals surface area contributed by atoms with Gasteiger partial charge in [0.15, 0.2) is 0 Å². The van der Waals surface area contributed by atoms with Crippen molar-refractivity contribution in [3.63, 3.8) is 0 Å². The average Bonchev–Trinajstić information content (AvgIpc) is 3.19. The van der Waals surface area contributed by atoms with Crippen molar-refractivity contribution in [1.82, 2.24) is 14.3 Å². The molecule has 7 nitrogen and oxygen atoms in total.